The van der Waals surface area contributed by atoms with Gasteiger partial charge in [-0.05, 0) is 53.2 Å². The minimum absolute atomic E-state index is 0.243. The van der Waals surface area contributed by atoms with Gasteiger partial charge in [0.05, 0.1) is 0 Å². The van der Waals surface area contributed by atoms with Crippen LogP contribution in [0.3, 0.4) is 0 Å². The molecule has 0 radical (unpaired) electrons. The van der Waals surface area contributed by atoms with Crippen LogP contribution in [-0.4, -0.2) is 37.9 Å². The first kappa shape index (κ1) is 20.4. The Kier molecular flexibility index (Phi) is 5.13. The first-order valence-electron chi connectivity index (χ1n) is 9.33. The maximum Gasteiger partial charge on any atom is 0.437 e. The van der Waals surface area contributed by atoms with Crippen molar-refractivity contribution in [3.8, 4) is 0 Å². The Balaban J connectivity index is 2.10. The van der Waals surface area contributed by atoms with E-state index in [-0.39, 0.29) is 5.95 Å². The average Bonchev–Trinajstić information content (AvgIpc) is 3.14. The molecule has 3 rings (SSSR count). The summed E-state index contributed by atoms with van der Waals surface area (Å²) < 4.78 is 12.7. The van der Waals surface area contributed by atoms with Gasteiger partial charge in [0.25, 0.3) is 0 Å². The molecule has 0 atom stereocenters. The number of fused-ring (bicyclic) bond motifs is 1. The molecule has 0 bridgehead atoms. The Morgan fingerprint density at radius 1 is 0.897 bits per heavy atom. The SMILES string of the molecule is CC(C)(C)OC(=O)N1/C(=C\c2ccccc2)n2ccnc2N1C(=O)OC(C)(C)C. The number of amides is 2. The number of carbonyl (C=O) groups is 2. The third kappa shape index (κ3) is 4.59. The van der Waals surface area contributed by atoms with Gasteiger partial charge in [-0.2, -0.15) is 5.01 Å². The number of hydrogen-bond donors (Lipinski definition) is 0. The van der Waals surface area contributed by atoms with Crippen LogP contribution in [0, 0.1) is 0 Å². The average molecular weight is 398 g/mol. The quantitative estimate of drug-likeness (QED) is 0.693. The molecule has 2 heterocycles. The lowest BCUT2D eigenvalue weighted by atomic mass is 10.2. The number of anilines is 1. The number of nitrogens with zero attached hydrogens (tertiary/aromatic N) is 4. The minimum Gasteiger partial charge on any atom is -0.442 e. The zero-order chi connectivity index (χ0) is 21.4. The second-order valence-corrected chi connectivity index (χ2v) is 8.59. The summed E-state index contributed by atoms with van der Waals surface area (Å²) in [6.07, 6.45) is 3.56. The molecular weight excluding hydrogens is 372 g/mol. The van der Waals surface area contributed by atoms with Crippen molar-refractivity contribution >= 4 is 30.0 Å². The highest BCUT2D eigenvalue weighted by atomic mass is 16.6. The summed E-state index contributed by atoms with van der Waals surface area (Å²) in [5.74, 6) is 0.649. The van der Waals surface area contributed by atoms with Crippen molar-refractivity contribution in [3.63, 3.8) is 0 Å². The lowest BCUT2D eigenvalue weighted by Crippen LogP contribution is -2.49. The molecular formula is C21H26N4O4. The van der Waals surface area contributed by atoms with Crippen LogP contribution in [0.4, 0.5) is 15.5 Å². The number of benzene rings is 1. The fraction of sp³-hybridized carbons (Fsp3) is 0.381. The molecule has 0 saturated carbocycles. The molecule has 8 nitrogen and oxygen atoms in total. The molecule has 0 aliphatic carbocycles. The van der Waals surface area contributed by atoms with Crippen LogP contribution < -0.4 is 5.01 Å². The first-order valence-corrected chi connectivity index (χ1v) is 9.33. The van der Waals surface area contributed by atoms with Crippen molar-refractivity contribution in [3.05, 3.63) is 48.3 Å². The third-order valence-corrected chi connectivity index (χ3v) is 3.70. The highest BCUT2D eigenvalue weighted by molar-refractivity contribution is 5.98. The van der Waals surface area contributed by atoms with E-state index >= 15 is 0 Å². The monoisotopic (exact) mass is 398 g/mol. The van der Waals surface area contributed by atoms with Gasteiger partial charge in [0.2, 0.25) is 5.95 Å². The van der Waals surface area contributed by atoms with Crippen molar-refractivity contribution in [2.24, 2.45) is 0 Å². The zero-order valence-corrected chi connectivity index (χ0v) is 17.5. The van der Waals surface area contributed by atoms with E-state index in [1.807, 2.05) is 30.3 Å². The van der Waals surface area contributed by atoms with Crippen LogP contribution in [-0.2, 0) is 9.47 Å². The fourth-order valence-corrected chi connectivity index (χ4v) is 2.70. The second kappa shape index (κ2) is 7.27. The van der Waals surface area contributed by atoms with Gasteiger partial charge in [-0.3, -0.25) is 4.57 Å². The van der Waals surface area contributed by atoms with E-state index in [1.165, 1.54) is 0 Å². The molecule has 0 N–H and O–H groups in total. The van der Waals surface area contributed by atoms with E-state index in [2.05, 4.69) is 4.98 Å². The van der Waals surface area contributed by atoms with Gasteiger partial charge in [0.1, 0.15) is 17.0 Å². The molecule has 154 valence electrons. The predicted octanol–water partition coefficient (Wildman–Crippen LogP) is 4.75. The maximum atomic E-state index is 13.1. The minimum atomic E-state index is -0.751. The molecule has 1 aromatic carbocycles. The zero-order valence-electron chi connectivity index (χ0n) is 17.5. The predicted molar refractivity (Wildman–Crippen MR) is 110 cm³/mol. The normalized spacial score (nSPS) is 15.4. The lowest BCUT2D eigenvalue weighted by molar-refractivity contribution is 0.0249. The second-order valence-electron chi connectivity index (χ2n) is 8.59. The summed E-state index contributed by atoms with van der Waals surface area (Å²) in [6, 6.07) is 9.47. The summed E-state index contributed by atoms with van der Waals surface area (Å²) in [5, 5.41) is 2.24. The first-order chi connectivity index (χ1) is 13.5. The van der Waals surface area contributed by atoms with Crippen molar-refractivity contribution in [1.82, 2.24) is 14.6 Å². The van der Waals surface area contributed by atoms with Crippen molar-refractivity contribution < 1.29 is 19.1 Å². The van der Waals surface area contributed by atoms with Gasteiger partial charge in [-0.1, -0.05) is 30.3 Å². The van der Waals surface area contributed by atoms with E-state index in [4.69, 9.17) is 9.47 Å². The Labute approximate surface area is 170 Å². The van der Waals surface area contributed by atoms with Gasteiger partial charge < -0.3 is 9.47 Å². The van der Waals surface area contributed by atoms with Crippen molar-refractivity contribution in [2.75, 3.05) is 5.01 Å². The number of rotatable bonds is 1. The van der Waals surface area contributed by atoms with Gasteiger partial charge >= 0.3 is 12.2 Å². The number of carbonyl (C=O) groups excluding carboxylic acids is 2. The molecule has 1 aliphatic heterocycles. The third-order valence-electron chi connectivity index (χ3n) is 3.70. The molecule has 0 fully saturated rings. The highest BCUT2D eigenvalue weighted by Crippen LogP contribution is 2.35. The molecule has 0 unspecified atom stereocenters. The largest absolute Gasteiger partial charge is 0.442 e. The Morgan fingerprint density at radius 2 is 1.45 bits per heavy atom. The van der Waals surface area contributed by atoms with Crippen LogP contribution in [0.5, 0.6) is 0 Å². The fourth-order valence-electron chi connectivity index (χ4n) is 2.70. The lowest BCUT2D eigenvalue weighted by Gasteiger charge is -2.31. The van der Waals surface area contributed by atoms with E-state index < -0.39 is 23.4 Å². The number of hydrazine groups is 1. The van der Waals surface area contributed by atoms with Gasteiger partial charge in [0.15, 0.2) is 0 Å². The van der Waals surface area contributed by atoms with Crippen molar-refractivity contribution in [2.45, 2.75) is 52.7 Å². The van der Waals surface area contributed by atoms with Crippen molar-refractivity contribution in [1.29, 1.82) is 0 Å². The number of ether oxygens (including phenoxy) is 2. The van der Waals surface area contributed by atoms with E-state index in [9.17, 15) is 9.59 Å². The van der Waals surface area contributed by atoms with Crippen LogP contribution in [0.1, 0.15) is 47.1 Å². The van der Waals surface area contributed by atoms with E-state index in [0.717, 1.165) is 15.6 Å². The molecule has 0 saturated heterocycles. The molecule has 2 amide bonds. The summed E-state index contributed by atoms with van der Waals surface area (Å²) in [4.78, 5) is 30.3. The summed E-state index contributed by atoms with van der Waals surface area (Å²) in [7, 11) is 0. The van der Waals surface area contributed by atoms with Crippen LogP contribution in [0.2, 0.25) is 0 Å². The molecule has 8 heteroatoms. The van der Waals surface area contributed by atoms with Crippen LogP contribution in [0.15, 0.2) is 42.7 Å². The standard InChI is InChI=1S/C21H26N4O4/c1-20(2,3)28-18(26)24-16(14-15-10-8-7-9-11-15)23-13-12-22-17(23)25(24)19(27)29-21(4,5)6/h7-14H,1-6H3/b16-14-. The van der Waals surface area contributed by atoms with Gasteiger partial charge in [-0.15, -0.1) is 5.01 Å². The Bertz CT molecular complexity index is 936. The summed E-state index contributed by atoms with van der Waals surface area (Å²) in [5.41, 5.74) is -0.652. The Hall–Kier alpha value is -3.29. The number of imidazole rings is 1. The molecule has 0 spiro atoms. The number of aromatic nitrogens is 2. The molecule has 2 aromatic rings. The molecule has 1 aromatic heterocycles. The molecule has 29 heavy (non-hydrogen) atoms. The summed E-state index contributed by atoms with van der Waals surface area (Å²) in [6.45, 7) is 10.6. The van der Waals surface area contributed by atoms with Crippen LogP contribution in [0.25, 0.3) is 11.9 Å². The van der Waals surface area contributed by atoms with Crippen LogP contribution >= 0.6 is 0 Å². The highest BCUT2D eigenvalue weighted by Gasteiger charge is 2.44. The Morgan fingerprint density at radius 3 is 2.00 bits per heavy atom. The maximum absolute atomic E-state index is 13.1. The smallest absolute Gasteiger partial charge is 0.437 e. The van der Waals surface area contributed by atoms with Gasteiger partial charge in [0, 0.05) is 12.4 Å². The molecule has 1 aliphatic rings. The van der Waals surface area contributed by atoms with E-state index in [1.54, 1.807) is 64.6 Å². The van der Waals surface area contributed by atoms with E-state index in [0.29, 0.717) is 5.82 Å². The topological polar surface area (TPSA) is 76.9 Å². The van der Waals surface area contributed by atoms with Gasteiger partial charge in [-0.25, -0.2) is 14.6 Å². The number of hydrogen-bond acceptors (Lipinski definition) is 5. The summed E-state index contributed by atoms with van der Waals surface area (Å²) >= 11 is 0.